The summed E-state index contributed by atoms with van der Waals surface area (Å²) in [6.07, 6.45) is -1.45. The Bertz CT molecular complexity index is 2590. The van der Waals surface area contributed by atoms with Gasteiger partial charge in [-0.1, -0.05) is 0 Å². The number of nitrogens with two attached hydrogens (primary N) is 2. The molecule has 1 heterocycles. The van der Waals surface area contributed by atoms with Crippen molar-refractivity contribution in [1.29, 1.82) is 0.594 Å². The molecule has 0 saturated heterocycles. The molecule has 3 aromatic carbocycles. The second kappa shape index (κ2) is 24.1. The molecule has 5 N–H and O–H groups in total. The van der Waals surface area contributed by atoms with E-state index in [4.69, 9.17) is 17.8 Å². The van der Waals surface area contributed by atoms with Crippen LogP contribution in [-0.4, -0.2) is 76.0 Å². The predicted molar refractivity (Wildman–Crippen MR) is 201 cm³/mol. The molecule has 0 spiro atoms. The van der Waals surface area contributed by atoms with Gasteiger partial charge in [0.2, 0.25) is 16.3 Å². The van der Waals surface area contributed by atoms with Gasteiger partial charge in [-0.25, -0.2) is 33.7 Å². The molecule has 0 atom stereocenters. The van der Waals surface area contributed by atoms with Gasteiger partial charge in [0.1, 0.15) is 43.1 Å². The number of nitrogens with zero attached hydrogens (tertiary/aromatic N) is 6. The van der Waals surface area contributed by atoms with E-state index >= 15 is 0 Å². The first kappa shape index (κ1) is 54.4. The van der Waals surface area contributed by atoms with Crippen LogP contribution in [-0.2, 0) is 44.7 Å². The van der Waals surface area contributed by atoms with Crippen LogP contribution in [0.15, 0.2) is 89.7 Å². The van der Waals surface area contributed by atoms with E-state index in [0.717, 1.165) is 42.5 Å². The van der Waals surface area contributed by atoms with Crippen molar-refractivity contribution in [3.05, 3.63) is 66.6 Å². The zero-order chi connectivity index (χ0) is 41.5. The molecule has 0 saturated carbocycles. The summed E-state index contributed by atoms with van der Waals surface area (Å²) in [6.45, 7) is -0.950. The molecular weight excluding hydrogens is 1110 g/mol. The third-order valence-corrected chi connectivity index (χ3v) is 9.97. The molecule has 2 radical (unpaired) electrons. The van der Waals surface area contributed by atoms with E-state index in [1.807, 2.05) is 18.6 Å². The molecule has 0 bridgehead atoms. The first-order chi connectivity index (χ1) is 25.3. The van der Waals surface area contributed by atoms with E-state index in [-0.39, 0.29) is 105 Å². The van der Waals surface area contributed by atoms with Crippen LogP contribution in [0, 0.1) is 12.0 Å². The molecule has 0 amide bonds. The summed E-state index contributed by atoms with van der Waals surface area (Å²) in [6, 6.07) is 8.12. The van der Waals surface area contributed by atoms with Crippen LogP contribution in [0.3, 0.4) is 0 Å². The quantitative estimate of drug-likeness (QED) is 0.0165. The average Bonchev–Trinajstić information content (AvgIpc) is 3.02. The Morgan fingerprint density at radius 3 is 1.89 bits per heavy atom. The Morgan fingerprint density at radius 1 is 0.807 bits per heavy atom. The third kappa shape index (κ3) is 17.7. The minimum absolute atomic E-state index is 0. The summed E-state index contributed by atoms with van der Waals surface area (Å²) < 4.78 is 165. The summed E-state index contributed by atoms with van der Waals surface area (Å²) >= 11 is 0.401. The first-order valence-corrected chi connectivity index (χ1v) is 26.7. The van der Waals surface area contributed by atoms with Crippen LogP contribution >= 0.6 is 35.4 Å². The number of halogens is 4. The minimum atomic E-state index is -5.38. The van der Waals surface area contributed by atoms with Gasteiger partial charge in [-0.15, -0.1) is 15.3 Å². The van der Waals surface area contributed by atoms with E-state index in [9.17, 15) is 56.1 Å². The first-order valence-electron chi connectivity index (χ1n) is 13.8. The van der Waals surface area contributed by atoms with Gasteiger partial charge in [-0.3, -0.25) is 4.18 Å². The summed E-state index contributed by atoms with van der Waals surface area (Å²) in [4.78, 5) is 3.69. The molecule has 0 unspecified atom stereocenters. The third-order valence-electron chi connectivity index (χ3n) is 6.06. The molecule has 290 valence electrons. The van der Waals surface area contributed by atoms with E-state index in [0.29, 0.717) is 12.1 Å². The van der Waals surface area contributed by atoms with Crippen LogP contribution in [0.2, 0.25) is 0 Å². The van der Waals surface area contributed by atoms with E-state index in [2.05, 4.69) is 39.9 Å². The minimum Gasteiger partial charge on any atom is 1.00 e. The van der Waals surface area contributed by atoms with Crippen LogP contribution in [0.4, 0.5) is 54.4 Å². The number of azo groups is 2. The van der Waals surface area contributed by atoms with Crippen molar-refractivity contribution < 1.29 is 149 Å². The van der Waals surface area contributed by atoms with Gasteiger partial charge in [0.05, 0.1) is 44.1 Å². The van der Waals surface area contributed by atoms with E-state index in [1.165, 1.54) is 0 Å². The van der Waals surface area contributed by atoms with Gasteiger partial charge in [0.25, 0.3) is 0 Å². The number of nitrogens with one attached hydrogen (secondary N) is 1. The molecule has 0 aliphatic carbocycles. The molecule has 4 rings (SSSR count). The standard InChI is InChI=1S/C24H21F2N9O12S4.BHI2.3Na/c25-19-11-20(31-24(26)30-19)29-13-3-6-17(49(38,39)40)15(9-13)33-34-16-10-18(50(41,42)43)22(28)23(21(16)27)35-32-12-1-4-14(5-2-12)48(36,37)8-7-47-51(44,45)46;1-3-2;;;/h1-6,9-11H,7-8,27-28H2,(H,29,30,31)(H,38,39,40)(H,41,42,43)(H,44,45,46);3H;;;/q;;3*+1/p-3/i;3D;;;. The van der Waals surface area contributed by atoms with Gasteiger partial charge < -0.3 is 30.4 Å². The maximum absolute atomic E-state index is 13.5. The Balaban J connectivity index is 0.00000443. The van der Waals surface area contributed by atoms with Crippen molar-refractivity contribution in [3.63, 3.8) is 0 Å². The zero-order valence-electron chi connectivity index (χ0n) is 30.1. The predicted octanol–water partition coefficient (Wildman–Crippen LogP) is -5.31. The number of anilines is 4. The second-order valence-corrected chi connectivity index (χ2v) is 19.1. The van der Waals surface area contributed by atoms with Gasteiger partial charge in [0, 0.05) is 11.8 Å². The summed E-state index contributed by atoms with van der Waals surface area (Å²) in [5.41, 5.74) is 13.2. The summed E-state index contributed by atoms with van der Waals surface area (Å²) in [7, 11) is -19.9. The van der Waals surface area contributed by atoms with Gasteiger partial charge in [-0.2, -0.15) is 23.9 Å². The Hall–Kier alpha value is -0.635. The average molecular weight is 1130 g/mol. The van der Waals surface area contributed by atoms with Crippen molar-refractivity contribution >= 4 is 127 Å². The number of nitrogen functional groups attached to an aromatic ring is 2. The van der Waals surface area contributed by atoms with E-state index in [1.54, 1.807) is 0 Å². The van der Waals surface area contributed by atoms with Gasteiger partial charge >= 0.3 is 136 Å². The Labute approximate surface area is 411 Å². The number of rotatable bonds is 13. The number of sulfone groups is 1. The van der Waals surface area contributed by atoms with Crippen LogP contribution < -0.4 is 105 Å². The molecule has 4 aromatic rings. The summed E-state index contributed by atoms with van der Waals surface area (Å²) in [5.74, 6) is -2.56. The fraction of sp³-hybridized carbons (Fsp3) is 0.0833. The fourth-order valence-electron chi connectivity index (χ4n) is 3.85. The zero-order valence-corrected chi connectivity index (χ0v) is 42.7. The molecule has 0 aliphatic heterocycles. The van der Waals surface area contributed by atoms with Crippen molar-refractivity contribution in [2.45, 2.75) is 14.7 Å². The van der Waals surface area contributed by atoms with Gasteiger partial charge in [-0.05, 0) is 48.5 Å². The molecule has 21 nitrogen and oxygen atoms in total. The topological polar surface area (TPSA) is 354 Å². The van der Waals surface area contributed by atoms with E-state index < -0.39 is 126 Å². The monoisotopic (exact) mass is 1130 g/mol. The fourth-order valence-corrected chi connectivity index (χ4v) is 6.54. The number of benzene rings is 3. The van der Waals surface area contributed by atoms with Crippen molar-refractivity contribution in [2.75, 3.05) is 29.1 Å². The SMILES string of the molecule is Nc1c(N=Nc2cc(Nc3cc(F)nc(F)n3)ccc2S(=O)(=O)[O-])cc(S(=O)(=O)[O-])c(N)c1N=Nc1ccc(S(=O)(=O)CCOS(=O)(=O)[O-])cc1.[2H]I([B])I.[Na+].[Na+].[Na+]. The molecule has 1 aromatic heterocycles. The number of hydrogen-bond acceptors (Lipinski definition) is 21. The van der Waals surface area contributed by atoms with Crippen molar-refractivity contribution in [2.24, 2.45) is 20.5 Å². The maximum atomic E-state index is 13.5. The van der Waals surface area contributed by atoms with Crippen molar-refractivity contribution in [1.82, 2.24) is 9.97 Å². The number of hydrogen-bond donors (Lipinski definition) is 3. The van der Waals surface area contributed by atoms with Gasteiger partial charge in [0.15, 0.2) is 9.84 Å². The smallest absolute Gasteiger partial charge is 1.00 e. The molecule has 33 heteroatoms. The maximum Gasteiger partial charge on any atom is 1.00 e. The van der Waals surface area contributed by atoms with Crippen LogP contribution in [0.25, 0.3) is 0 Å². The molecule has 57 heavy (non-hydrogen) atoms. The largest absolute Gasteiger partial charge is 1.00 e. The van der Waals surface area contributed by atoms with Crippen molar-refractivity contribution in [3.8, 4) is 0 Å². The second-order valence-electron chi connectivity index (χ2n) is 9.66. The molecule has 0 fully saturated rings. The van der Waals surface area contributed by atoms with Crippen LogP contribution in [0.5, 0.6) is 0 Å². The Kier molecular flexibility index (Phi) is 23.0. The van der Waals surface area contributed by atoms with Crippen LogP contribution in [0.1, 0.15) is 0 Å². The molecule has 0 aliphatic rings. The normalized spacial score (nSPS) is 12.3. The Morgan fingerprint density at radius 2 is 1.37 bits per heavy atom. The molecular formula is C24H19BF2I2N9Na3O12S4. The number of aromatic nitrogens is 2. The summed E-state index contributed by atoms with van der Waals surface area (Å²) in [5, 5.41) is 17.2.